The molecule has 0 amide bonds. The summed E-state index contributed by atoms with van der Waals surface area (Å²) in [5.41, 5.74) is 0.0271. The Morgan fingerprint density at radius 3 is 1.89 bits per heavy atom. The highest BCUT2D eigenvalue weighted by molar-refractivity contribution is 7.91. The molecule has 7 aliphatic rings. The number of rotatable bonds is 8. The van der Waals surface area contributed by atoms with Crippen molar-refractivity contribution in [3.05, 3.63) is 6.42 Å². The van der Waals surface area contributed by atoms with Gasteiger partial charge >= 0.3 is 0 Å². The zero-order valence-electron chi connectivity index (χ0n) is 34.7. The standard InChI is InChI=1S/C13H24O4S.C8H11O3S.C7H14O3S.C5H10O2S.C4H8O3S/c1-13(2,8-5-9-18(15,16)17-3)11-6-4-7-12(14)10-11;1-4-5-2-6-7(3-5)12(9,10)11-8(4)6;1-10-11(8,9)7-5-3-2-4-6-7;1-5-2-3-8(6,7)4-5;1-4-2-3-8(5,6)7-4/h11H,4-10H2,1-3H3;2,4-8H,3H2,1H3;7H,2-6H2,1H3;5H,2-4H2,1H3;4H,2-3H2,1H3/q;+1;;;/t;;;5-;4-/m...11/s1. The summed E-state index contributed by atoms with van der Waals surface area (Å²) in [6.07, 6.45) is 13.9. The van der Waals surface area contributed by atoms with Crippen molar-refractivity contribution >= 4 is 56.1 Å². The van der Waals surface area contributed by atoms with Crippen LogP contribution in [0.4, 0.5) is 0 Å². The Bertz CT molecular complexity index is 1830. The number of carbonyl (C=O) groups excluding carboxylic acids is 1. The van der Waals surface area contributed by atoms with Crippen molar-refractivity contribution in [2.24, 2.45) is 35.0 Å². The van der Waals surface area contributed by atoms with E-state index in [4.69, 9.17) is 4.18 Å². The number of hydrogen-bond donors (Lipinski definition) is 0. The van der Waals surface area contributed by atoms with Crippen molar-refractivity contribution in [3.8, 4) is 0 Å². The molecule has 2 bridgehead atoms. The van der Waals surface area contributed by atoms with Gasteiger partial charge in [0.25, 0.3) is 40.5 Å². The van der Waals surface area contributed by atoms with Crippen LogP contribution in [0.3, 0.4) is 0 Å². The van der Waals surface area contributed by atoms with Gasteiger partial charge in [-0.15, -0.1) is 0 Å². The summed E-state index contributed by atoms with van der Waals surface area (Å²) in [7, 11) is -13.0. The zero-order valence-corrected chi connectivity index (χ0v) is 38.7. The van der Waals surface area contributed by atoms with Crippen molar-refractivity contribution in [3.63, 3.8) is 0 Å². The highest BCUT2D eigenvalue weighted by Crippen LogP contribution is 2.56. The van der Waals surface area contributed by atoms with Crippen LogP contribution in [0.2, 0.25) is 0 Å². The second kappa shape index (κ2) is 20.8. The van der Waals surface area contributed by atoms with E-state index in [1.165, 1.54) is 14.2 Å². The van der Waals surface area contributed by atoms with Gasteiger partial charge in [-0.1, -0.05) is 47.0 Å². The first-order chi connectivity index (χ1) is 26.2. The van der Waals surface area contributed by atoms with E-state index in [2.05, 4.69) is 39.7 Å². The first kappa shape index (κ1) is 50.5. The molecule has 3 heterocycles. The highest BCUT2D eigenvalue weighted by Gasteiger charge is 2.69. The lowest BCUT2D eigenvalue weighted by Crippen LogP contribution is -2.30. The Balaban J connectivity index is 0.000000197. The molecule has 8 atom stereocenters. The molecular formula is C37H67O15S5+. The average Bonchev–Trinajstić information content (AvgIpc) is 3.91. The molecule has 7 fully saturated rings. The number of fused-ring (bicyclic) bond motifs is 1. The molecule has 0 aromatic rings. The summed E-state index contributed by atoms with van der Waals surface area (Å²) >= 11 is 0. The maximum atomic E-state index is 11.5. The quantitative estimate of drug-likeness (QED) is 0.232. The summed E-state index contributed by atoms with van der Waals surface area (Å²) in [6, 6.07) is 0. The van der Waals surface area contributed by atoms with Crippen LogP contribution in [0.15, 0.2) is 0 Å². The van der Waals surface area contributed by atoms with Gasteiger partial charge in [0.2, 0.25) is 0 Å². The Labute approximate surface area is 343 Å². The van der Waals surface area contributed by atoms with Gasteiger partial charge in [0.1, 0.15) is 29.0 Å². The lowest BCUT2D eigenvalue weighted by Gasteiger charge is -2.36. The molecule has 0 N–H and O–H groups in total. The summed E-state index contributed by atoms with van der Waals surface area (Å²) < 4.78 is 128. The van der Waals surface area contributed by atoms with E-state index in [1.807, 2.05) is 6.92 Å². The zero-order chi connectivity index (χ0) is 43.0. The van der Waals surface area contributed by atoms with Gasteiger partial charge in [-0.2, -0.15) is 33.7 Å². The van der Waals surface area contributed by atoms with E-state index in [-0.39, 0.29) is 45.5 Å². The first-order valence-electron chi connectivity index (χ1n) is 20.2. The van der Waals surface area contributed by atoms with Crippen LogP contribution in [0.5, 0.6) is 0 Å². The van der Waals surface area contributed by atoms with E-state index in [1.54, 1.807) is 6.92 Å². The third kappa shape index (κ3) is 15.5. The summed E-state index contributed by atoms with van der Waals surface area (Å²) in [6.45, 7) is 10.1. The molecule has 0 spiro atoms. The molecule has 57 heavy (non-hydrogen) atoms. The molecule has 334 valence electrons. The second-order valence-corrected chi connectivity index (χ2v) is 26.9. The number of sulfone groups is 1. The van der Waals surface area contributed by atoms with Crippen LogP contribution in [-0.2, 0) is 71.8 Å². The molecule has 0 aromatic heterocycles. The molecule has 0 aromatic carbocycles. The molecular weight excluding hydrogens is 845 g/mol. The molecule has 7 rings (SSSR count). The van der Waals surface area contributed by atoms with Crippen molar-refractivity contribution in [2.45, 2.75) is 147 Å². The lowest BCUT2D eigenvalue weighted by atomic mass is 9.69. The Kier molecular flexibility index (Phi) is 18.4. The van der Waals surface area contributed by atoms with Gasteiger partial charge in [0.05, 0.1) is 55.0 Å². The molecule has 6 unspecified atom stereocenters. The molecule has 0 radical (unpaired) electrons. The van der Waals surface area contributed by atoms with Crippen LogP contribution >= 0.6 is 0 Å². The molecule has 4 aliphatic carbocycles. The predicted molar refractivity (Wildman–Crippen MR) is 218 cm³/mol. The fraction of sp³-hybridized carbons (Fsp3) is 0.946. The van der Waals surface area contributed by atoms with Gasteiger partial charge in [0.15, 0.2) is 9.84 Å². The van der Waals surface area contributed by atoms with E-state index in [0.717, 1.165) is 64.2 Å². The molecule has 3 aliphatic heterocycles. The fourth-order valence-corrected chi connectivity index (χ4v) is 15.7. The monoisotopic (exact) mass is 911 g/mol. The number of carbonyl (C=O) groups is 1. The third-order valence-electron chi connectivity index (χ3n) is 12.4. The minimum Gasteiger partial charge on any atom is -0.300 e. The van der Waals surface area contributed by atoms with Crippen molar-refractivity contribution < 1.29 is 63.6 Å². The number of hydrogen-bond acceptors (Lipinski definition) is 15. The molecule has 15 nitrogen and oxygen atoms in total. The number of ketones is 1. The predicted octanol–water partition coefficient (Wildman–Crippen LogP) is 4.96. The average molecular weight is 912 g/mol. The maximum absolute atomic E-state index is 11.5. The lowest BCUT2D eigenvalue weighted by molar-refractivity contribution is -0.123. The van der Waals surface area contributed by atoms with Crippen molar-refractivity contribution in [1.29, 1.82) is 0 Å². The topological polar surface area (TPSA) is 225 Å². The summed E-state index contributed by atoms with van der Waals surface area (Å²) in [4.78, 5) is 11.5. The Morgan fingerprint density at radius 2 is 1.47 bits per heavy atom. The molecule has 4 saturated carbocycles. The number of Topliss-reactive ketones (excluding diaryl/α,β-unsaturated/α-hetero) is 1. The van der Waals surface area contributed by atoms with Crippen LogP contribution < -0.4 is 0 Å². The van der Waals surface area contributed by atoms with Crippen LogP contribution in [0.25, 0.3) is 0 Å². The van der Waals surface area contributed by atoms with E-state index in [9.17, 15) is 46.9 Å². The van der Waals surface area contributed by atoms with E-state index < -0.39 is 50.3 Å². The van der Waals surface area contributed by atoms with Crippen LogP contribution in [0.1, 0.15) is 125 Å². The van der Waals surface area contributed by atoms with E-state index >= 15 is 0 Å². The van der Waals surface area contributed by atoms with Gasteiger partial charge in [-0.05, 0) is 75.5 Å². The molecule has 20 heteroatoms. The second-order valence-electron chi connectivity index (χ2n) is 17.4. The van der Waals surface area contributed by atoms with Gasteiger partial charge in [-0.25, -0.2) is 8.42 Å². The molecule has 3 saturated heterocycles. The van der Waals surface area contributed by atoms with Crippen LogP contribution in [-0.4, -0.2) is 108 Å². The minimum absolute atomic E-state index is 0.0271. The third-order valence-corrected chi connectivity index (χ3v) is 20.5. The van der Waals surface area contributed by atoms with E-state index in [0.29, 0.717) is 66.6 Å². The van der Waals surface area contributed by atoms with Gasteiger partial charge in [0, 0.05) is 25.2 Å². The first-order valence-corrected chi connectivity index (χ1v) is 28.1. The fourth-order valence-electron chi connectivity index (χ4n) is 8.72. The van der Waals surface area contributed by atoms with Crippen molar-refractivity contribution in [1.82, 2.24) is 0 Å². The van der Waals surface area contributed by atoms with Gasteiger partial charge in [-0.3, -0.25) is 21.5 Å². The summed E-state index contributed by atoms with van der Waals surface area (Å²) in [5, 5.41) is -0.440. The van der Waals surface area contributed by atoms with Crippen LogP contribution in [0, 0.1) is 41.4 Å². The van der Waals surface area contributed by atoms with Gasteiger partial charge < -0.3 is 0 Å². The van der Waals surface area contributed by atoms with Crippen molar-refractivity contribution in [2.75, 3.05) is 37.2 Å². The maximum Gasteiger partial charge on any atom is 0.275 e. The Hall–Kier alpha value is -0.870. The normalized spacial score (nSPS) is 33.6. The smallest absolute Gasteiger partial charge is 0.275 e. The Morgan fingerprint density at radius 1 is 0.825 bits per heavy atom. The highest BCUT2D eigenvalue weighted by atomic mass is 32.2. The summed E-state index contributed by atoms with van der Waals surface area (Å²) in [5.74, 6) is 3.32. The largest absolute Gasteiger partial charge is 0.300 e. The minimum atomic E-state index is -3.35. The SMILES string of the molecule is CC1C2[CH+]C3C1OS(=O)(=O)C3C2.COS(=O)(=O)C1CCCCC1.COS(=O)(=O)CCCC(C)(C)C1CCCC(=O)C1.C[C@@H]1CCS(=O)(=O)C1.C[C@@H]1CCS(=O)(=O)O1.